The average molecular weight is 552 g/mol. The van der Waals surface area contributed by atoms with Crippen LogP contribution in [0.5, 0.6) is 0 Å². The number of likely N-dealkylation sites (tertiary alicyclic amines) is 1. The van der Waals surface area contributed by atoms with Gasteiger partial charge in [-0.2, -0.15) is 0 Å². The smallest absolute Gasteiger partial charge is 0.160 e. The number of nitrogens with zero attached hydrogens (tertiary/aromatic N) is 2. The zero-order valence-corrected chi connectivity index (χ0v) is 25.4. The van der Waals surface area contributed by atoms with E-state index in [1.807, 2.05) is 12.1 Å². The Labute approximate surface area is 239 Å². The van der Waals surface area contributed by atoms with E-state index in [-0.39, 0.29) is 16.9 Å². The number of allylic oxidation sites excluding steroid dienone is 6. The van der Waals surface area contributed by atoms with Gasteiger partial charge in [-0.1, -0.05) is 51.5 Å². The third kappa shape index (κ3) is 7.76. The Morgan fingerprint density at radius 1 is 1.23 bits per heavy atom. The van der Waals surface area contributed by atoms with E-state index < -0.39 is 5.83 Å². The van der Waals surface area contributed by atoms with Crippen molar-refractivity contribution in [2.75, 3.05) is 20.1 Å². The van der Waals surface area contributed by atoms with Gasteiger partial charge in [0, 0.05) is 21.6 Å². The molecule has 0 spiro atoms. The summed E-state index contributed by atoms with van der Waals surface area (Å²) < 4.78 is 15.2. The molecule has 2 aliphatic rings. The van der Waals surface area contributed by atoms with Crippen LogP contribution in [0.1, 0.15) is 99.2 Å². The largest absolute Gasteiger partial charge is 0.344 e. The highest BCUT2D eigenvalue weighted by Crippen LogP contribution is 2.48. The highest BCUT2D eigenvalue weighted by molar-refractivity contribution is 7.13. The van der Waals surface area contributed by atoms with Crippen molar-refractivity contribution in [3.8, 4) is 0 Å². The molecule has 1 saturated carbocycles. The summed E-state index contributed by atoms with van der Waals surface area (Å²) in [6.07, 6.45) is 16.4. The molecule has 1 saturated heterocycles. The SMILES string of the molecule is C=C/C(F)=C(\N=C(C)NC(=C)/C=C\C(=C/C)C1CCN(C)CC1)c1cc(C(C)=O)c(C2(CC)CCCCC2)s1. The van der Waals surface area contributed by atoms with Gasteiger partial charge in [0.1, 0.15) is 17.4 Å². The molecule has 0 atom stereocenters. The van der Waals surface area contributed by atoms with Gasteiger partial charge in [0.05, 0.1) is 4.88 Å². The van der Waals surface area contributed by atoms with Gasteiger partial charge < -0.3 is 10.2 Å². The number of hydrogen-bond donors (Lipinski definition) is 1. The van der Waals surface area contributed by atoms with E-state index >= 15 is 4.39 Å². The Kier molecular flexibility index (Phi) is 11.3. The van der Waals surface area contributed by atoms with Gasteiger partial charge in [0.2, 0.25) is 0 Å². The molecule has 0 amide bonds. The van der Waals surface area contributed by atoms with Crippen molar-refractivity contribution in [1.29, 1.82) is 0 Å². The summed E-state index contributed by atoms with van der Waals surface area (Å²) in [6.45, 7) is 17.7. The number of amidine groups is 1. The average Bonchev–Trinajstić information content (AvgIpc) is 3.39. The predicted molar refractivity (Wildman–Crippen MR) is 166 cm³/mol. The van der Waals surface area contributed by atoms with E-state index in [0.29, 0.717) is 27.9 Å². The van der Waals surface area contributed by atoms with Crippen LogP contribution < -0.4 is 5.32 Å². The number of rotatable bonds is 10. The lowest BCUT2D eigenvalue weighted by Crippen LogP contribution is -2.30. The fourth-order valence-electron chi connectivity index (χ4n) is 5.93. The van der Waals surface area contributed by atoms with Crippen LogP contribution in [0.3, 0.4) is 0 Å². The summed E-state index contributed by atoms with van der Waals surface area (Å²) in [7, 11) is 2.17. The minimum absolute atomic E-state index is 0.0194. The van der Waals surface area contributed by atoms with Crippen molar-refractivity contribution in [2.45, 2.75) is 84.5 Å². The number of piperidine rings is 1. The van der Waals surface area contributed by atoms with Gasteiger partial charge in [0.15, 0.2) is 5.78 Å². The first-order valence-electron chi connectivity index (χ1n) is 14.4. The number of thiophene rings is 1. The monoisotopic (exact) mass is 551 g/mol. The molecule has 1 N–H and O–H groups in total. The molecule has 4 nitrogen and oxygen atoms in total. The molecular weight excluding hydrogens is 505 g/mol. The molecule has 1 aromatic heterocycles. The molecule has 0 bridgehead atoms. The maximum Gasteiger partial charge on any atom is 0.160 e. The van der Waals surface area contributed by atoms with Gasteiger partial charge in [0.25, 0.3) is 0 Å². The third-order valence-corrected chi connectivity index (χ3v) is 9.73. The summed E-state index contributed by atoms with van der Waals surface area (Å²) in [5.41, 5.74) is 2.88. The topological polar surface area (TPSA) is 44.7 Å². The Morgan fingerprint density at radius 3 is 2.46 bits per heavy atom. The summed E-state index contributed by atoms with van der Waals surface area (Å²) in [5.74, 6) is 0.597. The Morgan fingerprint density at radius 2 is 1.90 bits per heavy atom. The van der Waals surface area contributed by atoms with E-state index in [1.165, 1.54) is 29.4 Å². The Hall–Kier alpha value is -2.57. The molecular formula is C33H46FN3OS. The standard InChI is InChI=1S/C33H46FN3OS/c1-8-26(27-16-20-37(7)21-17-27)15-14-23(4)35-25(6)36-31(29(34)9-2)30-22-28(24(5)38)32(39-30)33(10-3)18-12-11-13-19-33/h8-9,14-15,22,27H,2,4,10-13,16-21H2,1,3,5-7H3,(H,35,36)/b15-14-,26-8+,31-29+. The summed E-state index contributed by atoms with van der Waals surface area (Å²) in [6, 6.07) is 1.83. The molecule has 1 aromatic rings. The normalized spacial score (nSPS) is 20.2. The number of nitrogens with one attached hydrogen (secondary N) is 1. The van der Waals surface area contributed by atoms with Crippen molar-refractivity contribution in [1.82, 2.24) is 10.2 Å². The van der Waals surface area contributed by atoms with Crippen LogP contribution in [0.25, 0.3) is 5.70 Å². The molecule has 2 fully saturated rings. The van der Waals surface area contributed by atoms with E-state index in [0.717, 1.165) is 62.9 Å². The maximum absolute atomic E-state index is 15.2. The third-order valence-electron chi connectivity index (χ3n) is 8.34. The quantitative estimate of drug-likeness (QED) is 0.137. The zero-order valence-electron chi connectivity index (χ0n) is 24.5. The molecule has 2 heterocycles. The Balaban J connectivity index is 1.84. The lowest BCUT2D eigenvalue weighted by atomic mass is 9.70. The number of halogens is 1. The minimum atomic E-state index is -0.507. The van der Waals surface area contributed by atoms with Crippen LogP contribution in [0, 0.1) is 5.92 Å². The Bertz CT molecular complexity index is 1170. The fourth-order valence-corrected chi connectivity index (χ4v) is 7.45. The number of carbonyl (C=O) groups excluding carboxylic acids is 1. The van der Waals surface area contributed by atoms with Crippen LogP contribution in [-0.2, 0) is 5.41 Å². The second kappa shape index (κ2) is 14.2. The molecule has 0 unspecified atom stereocenters. The molecule has 1 aliphatic heterocycles. The van der Waals surface area contributed by atoms with Gasteiger partial charge in [-0.15, -0.1) is 11.3 Å². The molecule has 1 aliphatic carbocycles. The first-order chi connectivity index (χ1) is 18.6. The molecule has 212 valence electrons. The number of hydrogen-bond acceptors (Lipinski definition) is 4. The van der Waals surface area contributed by atoms with E-state index in [2.05, 4.69) is 61.4 Å². The van der Waals surface area contributed by atoms with Crippen LogP contribution in [0.2, 0.25) is 0 Å². The number of Topliss-reactive ketones (excluding diaryl/α,β-unsaturated/α-hetero) is 1. The summed E-state index contributed by atoms with van der Waals surface area (Å²) in [5, 5.41) is 3.21. The van der Waals surface area contributed by atoms with Crippen molar-refractivity contribution < 1.29 is 9.18 Å². The zero-order chi connectivity index (χ0) is 28.6. The summed E-state index contributed by atoms with van der Waals surface area (Å²) in [4.78, 5) is 21.4. The van der Waals surface area contributed by atoms with Gasteiger partial charge in [-0.25, -0.2) is 9.38 Å². The van der Waals surface area contributed by atoms with Crippen molar-refractivity contribution in [3.63, 3.8) is 0 Å². The fraction of sp³-hybridized carbons (Fsp3) is 0.515. The van der Waals surface area contributed by atoms with Gasteiger partial charge >= 0.3 is 0 Å². The summed E-state index contributed by atoms with van der Waals surface area (Å²) >= 11 is 1.51. The minimum Gasteiger partial charge on any atom is -0.344 e. The van der Waals surface area contributed by atoms with E-state index in [9.17, 15) is 4.79 Å². The van der Waals surface area contributed by atoms with Crippen LogP contribution in [0.4, 0.5) is 4.39 Å². The van der Waals surface area contributed by atoms with E-state index in [1.54, 1.807) is 13.8 Å². The molecule has 6 heteroatoms. The second-order valence-corrected chi connectivity index (χ2v) is 12.1. The van der Waals surface area contributed by atoms with Crippen molar-refractivity contribution >= 4 is 28.7 Å². The lowest BCUT2D eigenvalue weighted by molar-refractivity contribution is 0.101. The first-order valence-corrected chi connectivity index (χ1v) is 15.2. The molecule has 3 rings (SSSR count). The van der Waals surface area contributed by atoms with Gasteiger partial charge in [-0.05, 0) is 103 Å². The highest BCUT2D eigenvalue weighted by Gasteiger charge is 2.37. The molecule has 0 aromatic carbocycles. The number of carbonyl (C=O) groups is 1. The van der Waals surface area contributed by atoms with Gasteiger partial charge in [-0.3, -0.25) is 4.79 Å². The molecule has 0 radical (unpaired) electrons. The van der Waals surface area contributed by atoms with E-state index in [4.69, 9.17) is 0 Å². The molecule has 39 heavy (non-hydrogen) atoms. The van der Waals surface area contributed by atoms with Crippen LogP contribution in [0.15, 0.2) is 65.6 Å². The lowest BCUT2D eigenvalue weighted by Gasteiger charge is -2.36. The van der Waals surface area contributed by atoms with Crippen LogP contribution >= 0.6 is 11.3 Å². The van der Waals surface area contributed by atoms with Crippen molar-refractivity contribution in [2.24, 2.45) is 10.9 Å². The van der Waals surface area contributed by atoms with Crippen LogP contribution in [-0.4, -0.2) is 36.7 Å². The number of aliphatic imine (C=N–C) groups is 1. The van der Waals surface area contributed by atoms with Crippen molar-refractivity contribution in [3.05, 3.63) is 75.9 Å². The first kappa shape index (κ1) is 31.0. The predicted octanol–water partition coefficient (Wildman–Crippen LogP) is 8.75. The number of ketones is 1. The highest BCUT2D eigenvalue weighted by atomic mass is 32.1. The maximum atomic E-state index is 15.2. The second-order valence-electron chi connectivity index (χ2n) is 11.1.